The predicted octanol–water partition coefficient (Wildman–Crippen LogP) is 2.53. The van der Waals surface area contributed by atoms with E-state index in [1.165, 1.54) is 20.3 Å². The Balaban J connectivity index is 2.16. The van der Waals surface area contributed by atoms with Crippen LogP contribution in [0.25, 0.3) is 0 Å². The summed E-state index contributed by atoms with van der Waals surface area (Å²) in [6.45, 7) is 4.10. The zero-order chi connectivity index (χ0) is 16.8. The molecule has 0 unspecified atom stereocenters. The summed E-state index contributed by atoms with van der Waals surface area (Å²) < 4.78 is 15.7. The second-order valence-electron chi connectivity index (χ2n) is 5.24. The standard InChI is InChI=1S/C15H21ClN2O5/c1-21-13-10-12(18(19)20)11(14(16)15(13)22-2)4-3-5-17-6-8-23-9-7-17/h10H,3-9H2,1-2H3. The van der Waals surface area contributed by atoms with Gasteiger partial charge in [-0.2, -0.15) is 0 Å². The molecule has 1 aromatic rings. The topological polar surface area (TPSA) is 74.1 Å². The van der Waals surface area contributed by atoms with E-state index >= 15 is 0 Å². The van der Waals surface area contributed by atoms with Crippen LogP contribution in [0.1, 0.15) is 12.0 Å². The van der Waals surface area contributed by atoms with E-state index in [9.17, 15) is 10.1 Å². The van der Waals surface area contributed by atoms with Gasteiger partial charge in [-0.25, -0.2) is 0 Å². The average molecular weight is 345 g/mol. The van der Waals surface area contributed by atoms with Crippen molar-refractivity contribution in [3.63, 3.8) is 0 Å². The first kappa shape index (κ1) is 17.8. The highest BCUT2D eigenvalue weighted by Crippen LogP contribution is 2.43. The van der Waals surface area contributed by atoms with Crippen molar-refractivity contribution in [2.24, 2.45) is 0 Å². The molecule has 1 saturated heterocycles. The Bertz CT molecular complexity index is 561. The lowest BCUT2D eigenvalue weighted by Gasteiger charge is -2.26. The Hall–Kier alpha value is -1.57. The summed E-state index contributed by atoms with van der Waals surface area (Å²) in [5.41, 5.74) is 0.456. The van der Waals surface area contributed by atoms with Crippen molar-refractivity contribution in [2.45, 2.75) is 12.8 Å². The zero-order valence-electron chi connectivity index (χ0n) is 13.3. The molecule has 7 nitrogen and oxygen atoms in total. The first-order valence-electron chi connectivity index (χ1n) is 7.46. The van der Waals surface area contributed by atoms with Gasteiger partial charge in [0.15, 0.2) is 11.5 Å². The fourth-order valence-corrected chi connectivity index (χ4v) is 3.04. The van der Waals surface area contributed by atoms with Crippen LogP contribution in [0.5, 0.6) is 11.5 Å². The smallest absolute Gasteiger partial charge is 0.278 e. The number of halogens is 1. The van der Waals surface area contributed by atoms with E-state index in [0.717, 1.165) is 39.3 Å². The first-order valence-corrected chi connectivity index (χ1v) is 7.84. The summed E-state index contributed by atoms with van der Waals surface area (Å²) >= 11 is 6.32. The summed E-state index contributed by atoms with van der Waals surface area (Å²) in [6.07, 6.45) is 1.28. The Kier molecular flexibility index (Phi) is 6.44. The SMILES string of the molecule is COc1cc([N+](=O)[O-])c(CCCN2CCOCC2)c(Cl)c1OC. The van der Waals surface area contributed by atoms with Gasteiger partial charge in [0, 0.05) is 13.1 Å². The van der Waals surface area contributed by atoms with Crippen molar-refractivity contribution in [3.05, 3.63) is 26.8 Å². The van der Waals surface area contributed by atoms with Gasteiger partial charge >= 0.3 is 0 Å². The van der Waals surface area contributed by atoms with Crippen molar-refractivity contribution >= 4 is 17.3 Å². The van der Waals surface area contributed by atoms with Crippen LogP contribution in [-0.2, 0) is 11.2 Å². The summed E-state index contributed by atoms with van der Waals surface area (Å²) in [5.74, 6) is 0.599. The summed E-state index contributed by atoms with van der Waals surface area (Å²) in [7, 11) is 2.89. The highest BCUT2D eigenvalue weighted by Gasteiger charge is 2.25. The van der Waals surface area contributed by atoms with E-state index in [0.29, 0.717) is 17.7 Å². The minimum atomic E-state index is -0.433. The number of hydrogen-bond acceptors (Lipinski definition) is 6. The van der Waals surface area contributed by atoms with Gasteiger partial charge in [-0.3, -0.25) is 15.0 Å². The molecule has 0 aromatic heterocycles. The van der Waals surface area contributed by atoms with Gasteiger partial charge in [0.1, 0.15) is 0 Å². The van der Waals surface area contributed by atoms with E-state index < -0.39 is 4.92 Å². The van der Waals surface area contributed by atoms with E-state index in [1.54, 1.807) is 0 Å². The number of nitrogens with zero attached hydrogens (tertiary/aromatic N) is 2. The lowest BCUT2D eigenvalue weighted by Crippen LogP contribution is -2.36. The maximum absolute atomic E-state index is 11.3. The molecular formula is C15H21ClN2O5. The quantitative estimate of drug-likeness (QED) is 0.559. The van der Waals surface area contributed by atoms with Gasteiger partial charge in [-0.1, -0.05) is 11.6 Å². The predicted molar refractivity (Wildman–Crippen MR) is 86.8 cm³/mol. The minimum Gasteiger partial charge on any atom is -0.493 e. The van der Waals surface area contributed by atoms with E-state index in [4.69, 9.17) is 25.8 Å². The van der Waals surface area contributed by atoms with Crippen LogP contribution in [0, 0.1) is 10.1 Å². The van der Waals surface area contributed by atoms with Crippen LogP contribution >= 0.6 is 11.6 Å². The minimum absolute atomic E-state index is 0.0328. The molecule has 2 rings (SSSR count). The highest BCUT2D eigenvalue weighted by atomic mass is 35.5. The maximum Gasteiger partial charge on any atom is 0.278 e. The Morgan fingerprint density at radius 1 is 1.35 bits per heavy atom. The van der Waals surface area contributed by atoms with Crippen molar-refractivity contribution in [2.75, 3.05) is 47.1 Å². The van der Waals surface area contributed by atoms with Crippen molar-refractivity contribution in [1.82, 2.24) is 4.90 Å². The lowest BCUT2D eigenvalue weighted by molar-refractivity contribution is -0.385. The molecule has 23 heavy (non-hydrogen) atoms. The first-order chi connectivity index (χ1) is 11.1. The Morgan fingerprint density at radius 3 is 2.61 bits per heavy atom. The van der Waals surface area contributed by atoms with Gasteiger partial charge in [-0.05, 0) is 19.4 Å². The molecule has 0 saturated carbocycles. The van der Waals surface area contributed by atoms with E-state index in [1.807, 2.05) is 0 Å². The number of nitro groups is 1. The number of rotatable bonds is 7. The lowest BCUT2D eigenvalue weighted by atomic mass is 10.1. The molecule has 0 aliphatic carbocycles. The zero-order valence-corrected chi connectivity index (χ0v) is 14.1. The number of ether oxygens (including phenoxy) is 3. The average Bonchev–Trinajstić information content (AvgIpc) is 2.56. The molecule has 0 amide bonds. The van der Waals surface area contributed by atoms with E-state index in [-0.39, 0.29) is 16.5 Å². The monoisotopic (exact) mass is 344 g/mol. The molecule has 1 fully saturated rings. The van der Waals surface area contributed by atoms with Crippen LogP contribution in [0.4, 0.5) is 5.69 Å². The third kappa shape index (κ3) is 4.25. The Morgan fingerprint density at radius 2 is 2.04 bits per heavy atom. The molecule has 0 spiro atoms. The van der Waals surface area contributed by atoms with Crippen LogP contribution in [0.3, 0.4) is 0 Å². The second-order valence-corrected chi connectivity index (χ2v) is 5.62. The molecule has 1 aliphatic heterocycles. The molecule has 1 heterocycles. The number of hydrogen-bond donors (Lipinski definition) is 0. The highest BCUT2D eigenvalue weighted by molar-refractivity contribution is 6.33. The molecule has 0 bridgehead atoms. The molecule has 1 aromatic carbocycles. The molecule has 1 aliphatic rings. The number of nitro benzene ring substituents is 1. The molecule has 0 radical (unpaired) electrons. The summed E-state index contributed by atoms with van der Waals surface area (Å²) in [4.78, 5) is 13.2. The van der Waals surface area contributed by atoms with Gasteiger partial charge in [0.25, 0.3) is 5.69 Å². The van der Waals surface area contributed by atoms with Crippen molar-refractivity contribution in [1.29, 1.82) is 0 Å². The van der Waals surface area contributed by atoms with Crippen molar-refractivity contribution < 1.29 is 19.1 Å². The van der Waals surface area contributed by atoms with E-state index in [2.05, 4.69) is 4.90 Å². The molecular weight excluding hydrogens is 324 g/mol. The fraction of sp³-hybridized carbons (Fsp3) is 0.600. The summed E-state index contributed by atoms with van der Waals surface area (Å²) in [5, 5.41) is 11.6. The van der Waals surface area contributed by atoms with Crippen molar-refractivity contribution in [3.8, 4) is 11.5 Å². The van der Waals surface area contributed by atoms with Gasteiger partial charge in [-0.15, -0.1) is 0 Å². The second kappa shape index (κ2) is 8.33. The number of morpholine rings is 1. The van der Waals surface area contributed by atoms with Crippen LogP contribution in [-0.4, -0.2) is 56.9 Å². The normalized spacial score (nSPS) is 15.4. The molecule has 0 atom stereocenters. The largest absolute Gasteiger partial charge is 0.493 e. The number of methoxy groups -OCH3 is 2. The molecule has 0 N–H and O–H groups in total. The van der Waals surface area contributed by atoms with Crippen LogP contribution in [0.15, 0.2) is 6.07 Å². The van der Waals surface area contributed by atoms with Gasteiger partial charge in [0.2, 0.25) is 0 Å². The van der Waals surface area contributed by atoms with Crippen LogP contribution < -0.4 is 9.47 Å². The fourth-order valence-electron chi connectivity index (χ4n) is 2.68. The third-order valence-electron chi connectivity index (χ3n) is 3.89. The van der Waals surface area contributed by atoms with Gasteiger partial charge in [0.05, 0.1) is 49.0 Å². The molecule has 128 valence electrons. The third-order valence-corrected chi connectivity index (χ3v) is 4.29. The number of benzene rings is 1. The summed E-state index contributed by atoms with van der Waals surface area (Å²) in [6, 6.07) is 1.37. The van der Waals surface area contributed by atoms with Gasteiger partial charge < -0.3 is 14.2 Å². The van der Waals surface area contributed by atoms with Crippen LogP contribution in [0.2, 0.25) is 5.02 Å². The Labute approximate surface area is 140 Å². The maximum atomic E-state index is 11.3. The molecule has 8 heteroatoms.